The predicted molar refractivity (Wildman–Crippen MR) is 148 cm³/mol. The normalized spacial score (nSPS) is 12.9. The highest BCUT2D eigenvalue weighted by Crippen LogP contribution is 2.46. The molecular weight excluding hydrogens is 428 g/mol. The van der Waals surface area contributed by atoms with Gasteiger partial charge in [0.2, 0.25) is 0 Å². The van der Waals surface area contributed by atoms with Gasteiger partial charge in [0.25, 0.3) is 0 Å². The van der Waals surface area contributed by atoms with Crippen LogP contribution >= 0.6 is 0 Å². The van der Waals surface area contributed by atoms with Crippen molar-refractivity contribution in [3.05, 3.63) is 108 Å². The van der Waals surface area contributed by atoms with Crippen LogP contribution in [0.4, 0.5) is 11.4 Å². The molecule has 0 amide bonds. The van der Waals surface area contributed by atoms with Gasteiger partial charge in [-0.25, -0.2) is 0 Å². The van der Waals surface area contributed by atoms with Gasteiger partial charge in [0.15, 0.2) is 0 Å². The minimum Gasteiger partial charge on any atom is -0.456 e. The second-order valence-electron chi connectivity index (χ2n) is 9.05. The van der Waals surface area contributed by atoms with Crippen LogP contribution in [0.25, 0.3) is 56.1 Å². The van der Waals surface area contributed by atoms with Crippen molar-refractivity contribution in [3.63, 3.8) is 0 Å². The van der Waals surface area contributed by atoms with Crippen molar-refractivity contribution in [3.8, 4) is 11.1 Å². The summed E-state index contributed by atoms with van der Waals surface area (Å²) in [6.45, 7) is 0. The molecule has 2 heterocycles. The highest BCUT2D eigenvalue weighted by Gasteiger charge is 2.22. The van der Waals surface area contributed by atoms with E-state index in [0.717, 1.165) is 45.3 Å². The molecule has 0 saturated heterocycles. The van der Waals surface area contributed by atoms with Gasteiger partial charge in [-0.1, -0.05) is 72.8 Å². The third kappa shape index (κ3) is 3.05. The summed E-state index contributed by atoms with van der Waals surface area (Å²) in [5.74, 6) is 0. The van der Waals surface area contributed by atoms with Crippen molar-refractivity contribution >= 4 is 56.4 Å². The van der Waals surface area contributed by atoms with E-state index in [4.69, 9.17) is 4.42 Å². The third-order valence-electron chi connectivity index (χ3n) is 7.02. The Balaban J connectivity index is 1.61. The van der Waals surface area contributed by atoms with Crippen LogP contribution in [0.3, 0.4) is 0 Å². The Morgan fingerprint density at radius 3 is 2.43 bits per heavy atom. The number of H-pyrrole nitrogens is 1. The molecule has 0 aliphatic heterocycles. The average molecular weight is 453 g/mol. The van der Waals surface area contributed by atoms with Gasteiger partial charge < -0.3 is 14.3 Å². The van der Waals surface area contributed by atoms with Crippen LogP contribution in [0.2, 0.25) is 0 Å². The van der Waals surface area contributed by atoms with Crippen LogP contribution in [0.1, 0.15) is 17.7 Å². The second kappa shape index (κ2) is 7.78. The number of para-hydroxylation sites is 2. The summed E-state index contributed by atoms with van der Waals surface area (Å²) in [6.07, 6.45) is 9.84. The average Bonchev–Trinajstić information content (AvgIpc) is 3.37. The zero-order valence-electron chi connectivity index (χ0n) is 19.5. The van der Waals surface area contributed by atoms with Crippen molar-refractivity contribution in [2.45, 2.75) is 6.42 Å². The summed E-state index contributed by atoms with van der Waals surface area (Å²) in [5, 5.41) is 3.53. The van der Waals surface area contributed by atoms with Gasteiger partial charge in [-0.05, 0) is 48.4 Å². The summed E-state index contributed by atoms with van der Waals surface area (Å²) in [7, 11) is 2.16. The minimum absolute atomic E-state index is 0.910. The molecule has 0 fully saturated rings. The van der Waals surface area contributed by atoms with Crippen LogP contribution in [-0.2, 0) is 0 Å². The van der Waals surface area contributed by atoms with Crippen molar-refractivity contribution in [2.75, 3.05) is 11.9 Å². The zero-order valence-corrected chi connectivity index (χ0v) is 19.5. The number of aromatic amines is 1. The molecule has 168 valence electrons. The minimum atomic E-state index is 0.910. The lowest BCUT2D eigenvalue weighted by Crippen LogP contribution is -2.11. The van der Waals surface area contributed by atoms with Crippen LogP contribution in [-0.4, -0.2) is 12.0 Å². The maximum atomic E-state index is 6.24. The number of aromatic nitrogens is 1. The molecule has 1 N–H and O–H groups in total. The molecule has 3 nitrogen and oxygen atoms in total. The summed E-state index contributed by atoms with van der Waals surface area (Å²) in [4.78, 5) is 5.97. The lowest BCUT2D eigenvalue weighted by Gasteiger charge is -2.25. The zero-order chi connectivity index (χ0) is 23.4. The van der Waals surface area contributed by atoms with E-state index in [1.54, 1.807) is 0 Å². The van der Waals surface area contributed by atoms with E-state index in [2.05, 4.69) is 114 Å². The number of allylic oxidation sites excluding steroid dienone is 2. The first kappa shape index (κ1) is 19.9. The lowest BCUT2D eigenvalue weighted by atomic mass is 9.94. The van der Waals surface area contributed by atoms with Crippen molar-refractivity contribution in [1.82, 2.24) is 4.98 Å². The summed E-state index contributed by atoms with van der Waals surface area (Å²) >= 11 is 0. The SMILES string of the molecule is CN(c1ccccc1)c1c(-c2cccc3oc4ccccc4c23)ccc2[nH]c3c(c12)C=CCC=C3. The molecule has 0 unspecified atom stereocenters. The number of furan rings is 1. The summed E-state index contributed by atoms with van der Waals surface area (Å²) < 4.78 is 6.24. The van der Waals surface area contributed by atoms with E-state index in [1.807, 2.05) is 12.1 Å². The van der Waals surface area contributed by atoms with Crippen LogP contribution in [0.5, 0.6) is 0 Å². The molecule has 0 atom stereocenters. The van der Waals surface area contributed by atoms with Gasteiger partial charge in [-0.15, -0.1) is 0 Å². The fourth-order valence-electron chi connectivity index (χ4n) is 5.42. The fraction of sp³-hybridized carbons (Fsp3) is 0.0625. The summed E-state index contributed by atoms with van der Waals surface area (Å²) in [6, 6.07) is 29.7. The molecule has 0 bridgehead atoms. The number of hydrogen-bond donors (Lipinski definition) is 1. The molecule has 3 heteroatoms. The first-order valence-corrected chi connectivity index (χ1v) is 12.0. The molecular formula is C32H24N2O. The number of hydrogen-bond acceptors (Lipinski definition) is 2. The number of rotatable bonds is 3. The predicted octanol–water partition coefficient (Wildman–Crippen LogP) is 8.93. The van der Waals surface area contributed by atoms with Crippen LogP contribution in [0.15, 0.2) is 101 Å². The van der Waals surface area contributed by atoms with Crippen molar-refractivity contribution in [1.29, 1.82) is 0 Å². The topological polar surface area (TPSA) is 32.2 Å². The van der Waals surface area contributed by atoms with E-state index >= 15 is 0 Å². The molecule has 35 heavy (non-hydrogen) atoms. The largest absolute Gasteiger partial charge is 0.456 e. The molecule has 0 spiro atoms. The molecule has 7 rings (SSSR count). The molecule has 1 aliphatic carbocycles. The smallest absolute Gasteiger partial charge is 0.136 e. The van der Waals surface area contributed by atoms with Gasteiger partial charge in [0.05, 0.1) is 5.69 Å². The highest BCUT2D eigenvalue weighted by atomic mass is 16.3. The van der Waals surface area contributed by atoms with E-state index in [0.29, 0.717) is 0 Å². The number of nitrogens with zero attached hydrogens (tertiary/aromatic N) is 1. The Morgan fingerprint density at radius 1 is 0.714 bits per heavy atom. The quantitative estimate of drug-likeness (QED) is 0.291. The monoisotopic (exact) mass is 452 g/mol. The van der Waals surface area contributed by atoms with Gasteiger partial charge >= 0.3 is 0 Å². The fourth-order valence-corrected chi connectivity index (χ4v) is 5.42. The molecule has 4 aromatic carbocycles. The van der Waals surface area contributed by atoms with E-state index < -0.39 is 0 Å². The van der Waals surface area contributed by atoms with E-state index in [1.165, 1.54) is 27.8 Å². The maximum absolute atomic E-state index is 6.24. The lowest BCUT2D eigenvalue weighted by molar-refractivity contribution is 0.669. The molecule has 2 aromatic heterocycles. The van der Waals surface area contributed by atoms with Gasteiger partial charge in [-0.3, -0.25) is 0 Å². The first-order chi connectivity index (χ1) is 17.3. The first-order valence-electron chi connectivity index (χ1n) is 12.0. The Hall–Kier alpha value is -4.50. The highest BCUT2D eigenvalue weighted by molar-refractivity contribution is 6.17. The van der Waals surface area contributed by atoms with Crippen LogP contribution < -0.4 is 4.90 Å². The van der Waals surface area contributed by atoms with Gasteiger partial charge in [0, 0.05) is 51.2 Å². The molecule has 6 aromatic rings. The Bertz CT molecular complexity index is 1780. The van der Waals surface area contributed by atoms with Gasteiger partial charge in [-0.2, -0.15) is 0 Å². The number of fused-ring (bicyclic) bond motifs is 6. The number of nitrogens with one attached hydrogen (secondary N) is 1. The molecule has 0 saturated carbocycles. The Morgan fingerprint density at radius 2 is 1.51 bits per heavy atom. The van der Waals surface area contributed by atoms with Crippen LogP contribution in [0, 0.1) is 0 Å². The maximum Gasteiger partial charge on any atom is 0.136 e. The molecule has 0 radical (unpaired) electrons. The Labute approximate surface area is 203 Å². The Kier molecular flexibility index (Phi) is 4.43. The van der Waals surface area contributed by atoms with Crippen molar-refractivity contribution < 1.29 is 4.42 Å². The van der Waals surface area contributed by atoms with E-state index in [-0.39, 0.29) is 0 Å². The number of anilines is 2. The number of benzene rings is 4. The molecule has 1 aliphatic rings. The second-order valence-corrected chi connectivity index (χ2v) is 9.05. The third-order valence-corrected chi connectivity index (χ3v) is 7.02. The van der Waals surface area contributed by atoms with Crippen molar-refractivity contribution in [2.24, 2.45) is 0 Å². The summed E-state index contributed by atoms with van der Waals surface area (Å²) in [5.41, 5.74) is 10.0. The standard InChI is InChI=1S/C32H24N2O/c1-34(21-11-4-2-5-12-21)32-23(19-20-27-31(32)24-13-6-3-7-16-26(24)33-27)22-15-10-18-29-30(22)25-14-8-9-17-28(25)35-29/h2,4-20,33H,3H2,1H3. The van der Waals surface area contributed by atoms with Gasteiger partial charge in [0.1, 0.15) is 11.2 Å². The van der Waals surface area contributed by atoms with E-state index in [9.17, 15) is 0 Å².